The van der Waals surface area contributed by atoms with Crippen LogP contribution in [0.1, 0.15) is 38.5 Å². The van der Waals surface area contributed by atoms with Crippen molar-refractivity contribution in [3.8, 4) is 0 Å². The molecular weight excluding hydrogens is 287 g/mol. The summed E-state index contributed by atoms with van der Waals surface area (Å²) in [4.78, 5) is 22.7. The summed E-state index contributed by atoms with van der Waals surface area (Å²) < 4.78 is 37.3. The van der Waals surface area contributed by atoms with E-state index in [2.05, 4.69) is 0 Å². The van der Waals surface area contributed by atoms with Gasteiger partial charge in [0.1, 0.15) is 6.04 Å². The summed E-state index contributed by atoms with van der Waals surface area (Å²) in [7, 11) is 0. The van der Waals surface area contributed by atoms with Gasteiger partial charge in [-0.05, 0) is 56.3 Å². The lowest BCUT2D eigenvalue weighted by Crippen LogP contribution is -2.61. The predicted octanol–water partition coefficient (Wildman–Crippen LogP) is 2.33. The highest BCUT2D eigenvalue weighted by atomic mass is 19.4. The molecule has 1 amide bonds. The summed E-state index contributed by atoms with van der Waals surface area (Å²) in [6.07, 6.45) is -0.0251. The maximum atomic E-state index is 12.4. The molecule has 0 spiro atoms. The molecule has 4 aliphatic rings. The van der Waals surface area contributed by atoms with Crippen LogP contribution in [-0.2, 0) is 9.59 Å². The Hall–Kier alpha value is -1.27. The molecule has 4 nitrogen and oxygen atoms in total. The molecule has 0 radical (unpaired) electrons. The SMILES string of the molecule is O=C(O)[C@@H](NC(=O)C(F)(F)F)C12CC3CC(CC(C3)C1)C2. The maximum absolute atomic E-state index is 12.4. The fourth-order valence-corrected chi connectivity index (χ4v) is 5.22. The highest BCUT2D eigenvalue weighted by Gasteiger charge is 2.57. The molecule has 4 rings (SSSR count). The summed E-state index contributed by atoms with van der Waals surface area (Å²) in [5.41, 5.74) is -0.693. The van der Waals surface area contributed by atoms with Gasteiger partial charge in [0.05, 0.1) is 0 Å². The molecule has 0 heterocycles. The molecule has 1 atom stereocenters. The van der Waals surface area contributed by atoms with Gasteiger partial charge in [-0.2, -0.15) is 13.2 Å². The summed E-state index contributed by atoms with van der Waals surface area (Å²) >= 11 is 0. The molecule has 4 bridgehead atoms. The molecular formula is C14H18F3NO3. The van der Waals surface area contributed by atoms with Crippen LogP contribution in [0.4, 0.5) is 13.2 Å². The number of carboxylic acid groups (broad SMARTS) is 1. The first-order valence-corrected chi connectivity index (χ1v) is 7.30. The van der Waals surface area contributed by atoms with Crippen molar-refractivity contribution in [3.05, 3.63) is 0 Å². The zero-order valence-corrected chi connectivity index (χ0v) is 11.4. The van der Waals surface area contributed by atoms with Crippen LogP contribution in [0, 0.1) is 23.2 Å². The number of hydrogen-bond donors (Lipinski definition) is 2. The molecule has 4 fully saturated rings. The van der Waals surface area contributed by atoms with E-state index in [1.807, 2.05) is 0 Å². The van der Waals surface area contributed by atoms with E-state index in [0.29, 0.717) is 37.0 Å². The zero-order valence-electron chi connectivity index (χ0n) is 11.4. The van der Waals surface area contributed by atoms with Gasteiger partial charge in [0.25, 0.3) is 0 Å². The van der Waals surface area contributed by atoms with Crippen molar-refractivity contribution in [3.63, 3.8) is 0 Å². The fourth-order valence-electron chi connectivity index (χ4n) is 5.22. The number of aliphatic carboxylic acids is 1. The first-order valence-electron chi connectivity index (χ1n) is 7.30. The van der Waals surface area contributed by atoms with E-state index in [0.717, 1.165) is 19.3 Å². The highest BCUT2D eigenvalue weighted by molar-refractivity contribution is 5.87. The monoisotopic (exact) mass is 305 g/mol. The first-order chi connectivity index (χ1) is 9.69. The lowest BCUT2D eigenvalue weighted by atomic mass is 9.47. The number of amides is 1. The van der Waals surface area contributed by atoms with Crippen molar-refractivity contribution in [1.29, 1.82) is 0 Å². The van der Waals surface area contributed by atoms with Gasteiger partial charge in [-0.25, -0.2) is 4.79 Å². The highest BCUT2D eigenvalue weighted by Crippen LogP contribution is 2.61. The number of nitrogens with one attached hydrogen (secondary N) is 1. The molecule has 0 aromatic rings. The molecule has 0 aromatic carbocycles. The maximum Gasteiger partial charge on any atom is 0.471 e. The average molecular weight is 305 g/mol. The van der Waals surface area contributed by atoms with Gasteiger partial charge in [-0.1, -0.05) is 0 Å². The van der Waals surface area contributed by atoms with Crippen LogP contribution in [0.15, 0.2) is 0 Å². The quantitative estimate of drug-likeness (QED) is 0.841. The third kappa shape index (κ3) is 2.51. The minimum atomic E-state index is -5.05. The van der Waals surface area contributed by atoms with Crippen molar-refractivity contribution in [2.75, 3.05) is 0 Å². The summed E-state index contributed by atoms with van der Waals surface area (Å²) in [5.74, 6) is -2.29. The second-order valence-corrected chi connectivity index (χ2v) is 7.02. The lowest BCUT2D eigenvalue weighted by Gasteiger charge is -2.58. The van der Waals surface area contributed by atoms with E-state index in [1.165, 1.54) is 0 Å². The van der Waals surface area contributed by atoms with Crippen molar-refractivity contribution >= 4 is 11.9 Å². The molecule has 118 valence electrons. The van der Waals surface area contributed by atoms with Crippen LogP contribution >= 0.6 is 0 Å². The number of carbonyl (C=O) groups excluding carboxylic acids is 1. The van der Waals surface area contributed by atoms with Crippen LogP contribution in [0.25, 0.3) is 0 Å². The minimum absolute atomic E-state index is 0.404. The van der Waals surface area contributed by atoms with Gasteiger partial charge in [0.2, 0.25) is 0 Å². The minimum Gasteiger partial charge on any atom is -0.480 e. The van der Waals surface area contributed by atoms with Crippen molar-refractivity contribution in [2.24, 2.45) is 23.2 Å². The van der Waals surface area contributed by atoms with E-state index in [1.54, 1.807) is 5.32 Å². The fraction of sp³-hybridized carbons (Fsp3) is 0.857. The van der Waals surface area contributed by atoms with E-state index >= 15 is 0 Å². The number of carboxylic acids is 1. The number of hydrogen-bond acceptors (Lipinski definition) is 2. The van der Waals surface area contributed by atoms with Crippen LogP contribution in [0.5, 0.6) is 0 Å². The molecule has 4 saturated carbocycles. The van der Waals surface area contributed by atoms with Crippen LogP contribution < -0.4 is 5.32 Å². The third-order valence-corrected chi connectivity index (χ3v) is 5.48. The van der Waals surface area contributed by atoms with Crippen molar-refractivity contribution in [2.45, 2.75) is 50.7 Å². The van der Waals surface area contributed by atoms with Gasteiger partial charge < -0.3 is 10.4 Å². The van der Waals surface area contributed by atoms with Gasteiger partial charge in [0, 0.05) is 5.41 Å². The Kier molecular flexibility index (Phi) is 3.22. The van der Waals surface area contributed by atoms with E-state index in [4.69, 9.17) is 0 Å². The van der Waals surface area contributed by atoms with Crippen LogP contribution in [0.3, 0.4) is 0 Å². The molecule has 0 aliphatic heterocycles. The topological polar surface area (TPSA) is 66.4 Å². The molecule has 2 N–H and O–H groups in total. The van der Waals surface area contributed by atoms with Crippen molar-refractivity contribution in [1.82, 2.24) is 5.32 Å². The first kappa shape index (κ1) is 14.7. The Morgan fingerprint density at radius 1 is 1.05 bits per heavy atom. The predicted molar refractivity (Wildman–Crippen MR) is 66.2 cm³/mol. The number of alkyl halides is 3. The second kappa shape index (κ2) is 4.61. The van der Waals surface area contributed by atoms with Crippen molar-refractivity contribution < 1.29 is 27.9 Å². The lowest BCUT2D eigenvalue weighted by molar-refractivity contribution is -0.179. The molecule has 7 heteroatoms. The Labute approximate surface area is 120 Å². The standard InChI is InChI=1S/C14H18F3NO3/c15-14(16,17)12(21)18-10(11(19)20)13-4-7-1-8(5-13)3-9(2-7)6-13/h7-10H,1-6H2,(H,18,21)(H,19,20)/t7?,8?,9?,10-,13?/m1/s1. The van der Waals surface area contributed by atoms with Crippen LogP contribution in [0.2, 0.25) is 0 Å². The second-order valence-electron chi connectivity index (χ2n) is 7.02. The van der Waals surface area contributed by atoms with E-state index in [9.17, 15) is 27.9 Å². The number of carbonyl (C=O) groups is 2. The normalized spacial score (nSPS) is 39.1. The van der Waals surface area contributed by atoms with Gasteiger partial charge in [-0.15, -0.1) is 0 Å². The molecule has 21 heavy (non-hydrogen) atoms. The molecule has 4 aliphatic carbocycles. The van der Waals surface area contributed by atoms with Gasteiger partial charge >= 0.3 is 18.1 Å². The number of rotatable bonds is 3. The Morgan fingerprint density at radius 3 is 1.81 bits per heavy atom. The van der Waals surface area contributed by atoms with Gasteiger partial charge in [-0.3, -0.25) is 4.79 Å². The average Bonchev–Trinajstić information content (AvgIpc) is 2.31. The summed E-state index contributed by atoms with van der Waals surface area (Å²) in [5, 5.41) is 11.1. The Balaban J connectivity index is 1.84. The Morgan fingerprint density at radius 2 is 1.48 bits per heavy atom. The summed E-state index contributed by atoms with van der Waals surface area (Å²) in [6, 6.07) is -1.43. The number of halogens is 3. The third-order valence-electron chi connectivity index (χ3n) is 5.48. The van der Waals surface area contributed by atoms with Gasteiger partial charge in [0.15, 0.2) is 0 Å². The molecule has 0 unspecified atom stereocenters. The molecule has 0 aromatic heterocycles. The largest absolute Gasteiger partial charge is 0.480 e. The molecule has 0 saturated heterocycles. The van der Waals surface area contributed by atoms with Crippen LogP contribution in [-0.4, -0.2) is 29.2 Å². The smallest absolute Gasteiger partial charge is 0.471 e. The van der Waals surface area contributed by atoms with E-state index in [-0.39, 0.29) is 0 Å². The summed E-state index contributed by atoms with van der Waals surface area (Å²) in [6.45, 7) is 0. The van der Waals surface area contributed by atoms with E-state index < -0.39 is 29.5 Å². The zero-order chi connectivity index (χ0) is 15.4. The Bertz CT molecular complexity index is 439.